The van der Waals surface area contributed by atoms with Crippen molar-refractivity contribution in [1.29, 1.82) is 0 Å². The van der Waals surface area contributed by atoms with Gasteiger partial charge in [-0.3, -0.25) is 9.36 Å². The number of quaternary nitrogens is 1. The lowest BCUT2D eigenvalue weighted by Gasteiger charge is -2.28. The average Bonchev–Trinajstić information content (AvgIpc) is 3.20. The first-order valence-electron chi connectivity index (χ1n) is 24.5. The van der Waals surface area contributed by atoms with E-state index in [2.05, 4.69) is 74.6 Å². The molecule has 8 nitrogen and oxygen atoms in total. The molecule has 0 aliphatic carbocycles. The highest BCUT2D eigenvalue weighted by atomic mass is 31.2. The Labute approximate surface area is 370 Å². The number of carbonyl (C=O) groups excluding carboxylic acids is 1. The quantitative estimate of drug-likeness (QED) is 0.0198. The fourth-order valence-corrected chi connectivity index (χ4v) is 7.19. The summed E-state index contributed by atoms with van der Waals surface area (Å²) in [6.07, 6.45) is 55.2. The number of phosphoric acid groups is 1. The van der Waals surface area contributed by atoms with Crippen molar-refractivity contribution >= 4 is 13.8 Å². The summed E-state index contributed by atoms with van der Waals surface area (Å²) in [4.78, 5) is 25.1. The van der Waals surface area contributed by atoms with Crippen LogP contribution >= 0.6 is 7.82 Å². The fourth-order valence-electron chi connectivity index (χ4n) is 6.47. The molecule has 0 aromatic rings. The lowest BCUT2D eigenvalue weighted by Crippen LogP contribution is -2.37. The van der Waals surface area contributed by atoms with E-state index in [1.54, 1.807) is 0 Å². The number of allylic oxidation sites excluding steroid dienone is 10. The van der Waals surface area contributed by atoms with Crippen molar-refractivity contribution in [2.75, 3.05) is 54.1 Å². The van der Waals surface area contributed by atoms with Gasteiger partial charge in [0.15, 0.2) is 0 Å². The van der Waals surface area contributed by atoms with E-state index < -0.39 is 13.9 Å². The Hall–Kier alpha value is -1.80. The molecular formula is C51H94NO7P. The Morgan fingerprint density at radius 1 is 0.517 bits per heavy atom. The van der Waals surface area contributed by atoms with Crippen molar-refractivity contribution in [3.05, 3.63) is 60.8 Å². The Morgan fingerprint density at radius 3 is 1.38 bits per heavy atom. The molecule has 0 saturated carbocycles. The maximum atomic E-state index is 12.7. The molecule has 0 saturated heterocycles. The third-order valence-electron chi connectivity index (χ3n) is 10.3. The van der Waals surface area contributed by atoms with E-state index in [1.807, 2.05) is 21.1 Å². The zero-order valence-corrected chi connectivity index (χ0v) is 40.5. The number of hydrogen-bond donors (Lipinski definition) is 0. The standard InChI is InChI=1S/C51H94NO7P/c1-6-8-10-12-14-16-18-20-22-24-25-26-27-28-29-31-33-35-37-39-41-43-46-56-48-50(49-58-60(54,55)57-47-45-52(3,4)5)59-51(53)44-42-40-38-36-34-32-30-23-21-19-17-15-13-11-9-7-2/h17-20,23-25,27-28,30,50H,6-16,21-22,26,29,31-49H2,1-5H3/b19-17-,20-18-,25-24-,28-27-,30-23-. The molecule has 2 atom stereocenters. The summed E-state index contributed by atoms with van der Waals surface area (Å²) in [6.45, 7) is 5.34. The average molecular weight is 864 g/mol. The highest BCUT2D eigenvalue weighted by Gasteiger charge is 2.20. The van der Waals surface area contributed by atoms with Gasteiger partial charge >= 0.3 is 5.97 Å². The highest BCUT2D eigenvalue weighted by molar-refractivity contribution is 7.45. The number of rotatable bonds is 45. The third kappa shape index (κ3) is 47.3. The predicted molar refractivity (Wildman–Crippen MR) is 254 cm³/mol. The molecule has 0 aromatic heterocycles. The molecule has 0 aliphatic heterocycles. The van der Waals surface area contributed by atoms with E-state index in [0.29, 0.717) is 24.1 Å². The normalized spacial score (nSPS) is 14.2. The largest absolute Gasteiger partial charge is 0.756 e. The number of phosphoric ester groups is 1. The van der Waals surface area contributed by atoms with Crippen LogP contribution in [0.15, 0.2) is 60.8 Å². The van der Waals surface area contributed by atoms with Crippen LogP contribution in [0.2, 0.25) is 0 Å². The number of esters is 1. The summed E-state index contributed by atoms with van der Waals surface area (Å²) in [5.74, 6) is -0.352. The van der Waals surface area contributed by atoms with Crippen LogP contribution in [-0.2, 0) is 27.9 Å². The molecule has 350 valence electrons. The molecule has 60 heavy (non-hydrogen) atoms. The number of hydrogen-bond acceptors (Lipinski definition) is 7. The van der Waals surface area contributed by atoms with Crippen LogP contribution in [0.5, 0.6) is 0 Å². The minimum Gasteiger partial charge on any atom is -0.756 e. The molecule has 0 radical (unpaired) electrons. The van der Waals surface area contributed by atoms with E-state index in [1.165, 1.54) is 96.3 Å². The van der Waals surface area contributed by atoms with Crippen LogP contribution in [0.1, 0.15) is 200 Å². The van der Waals surface area contributed by atoms with E-state index in [0.717, 1.165) is 83.5 Å². The topological polar surface area (TPSA) is 94.1 Å². The minimum atomic E-state index is -4.54. The maximum Gasteiger partial charge on any atom is 0.306 e. The van der Waals surface area contributed by atoms with Crippen molar-refractivity contribution in [2.45, 2.75) is 206 Å². The van der Waals surface area contributed by atoms with Gasteiger partial charge in [0, 0.05) is 13.0 Å². The fraction of sp³-hybridized carbons (Fsp3) is 0.784. The Kier molecular flexibility index (Phi) is 42.5. The first-order chi connectivity index (χ1) is 29.1. The van der Waals surface area contributed by atoms with Gasteiger partial charge in [-0.25, -0.2) is 0 Å². The second-order valence-corrected chi connectivity index (χ2v) is 18.9. The Morgan fingerprint density at radius 2 is 0.917 bits per heavy atom. The van der Waals surface area contributed by atoms with Gasteiger partial charge in [0.25, 0.3) is 7.82 Å². The summed E-state index contributed by atoms with van der Waals surface area (Å²) < 4.78 is 34.7. The smallest absolute Gasteiger partial charge is 0.306 e. The van der Waals surface area contributed by atoms with Crippen LogP contribution in [0, 0.1) is 0 Å². The summed E-state index contributed by atoms with van der Waals surface area (Å²) in [6, 6.07) is 0. The lowest BCUT2D eigenvalue weighted by atomic mass is 10.1. The van der Waals surface area contributed by atoms with Gasteiger partial charge in [-0.05, 0) is 83.5 Å². The van der Waals surface area contributed by atoms with Crippen LogP contribution in [0.4, 0.5) is 0 Å². The van der Waals surface area contributed by atoms with Crippen LogP contribution in [0.25, 0.3) is 0 Å². The molecule has 0 spiro atoms. The Bertz CT molecular complexity index is 1140. The van der Waals surface area contributed by atoms with Crippen LogP contribution in [0.3, 0.4) is 0 Å². The third-order valence-corrected chi connectivity index (χ3v) is 11.3. The van der Waals surface area contributed by atoms with Gasteiger partial charge < -0.3 is 27.9 Å². The lowest BCUT2D eigenvalue weighted by molar-refractivity contribution is -0.870. The first kappa shape index (κ1) is 58.2. The molecule has 0 N–H and O–H groups in total. The first-order valence-corrected chi connectivity index (χ1v) is 26.0. The van der Waals surface area contributed by atoms with Crippen molar-refractivity contribution in [3.63, 3.8) is 0 Å². The second-order valence-electron chi connectivity index (χ2n) is 17.5. The van der Waals surface area contributed by atoms with E-state index in [-0.39, 0.29) is 25.8 Å². The maximum absolute atomic E-state index is 12.7. The molecule has 2 unspecified atom stereocenters. The summed E-state index contributed by atoms with van der Waals surface area (Å²) in [7, 11) is 1.33. The highest BCUT2D eigenvalue weighted by Crippen LogP contribution is 2.38. The molecule has 9 heteroatoms. The Balaban J connectivity index is 4.22. The molecule has 0 fully saturated rings. The number of unbranched alkanes of at least 4 members (excludes halogenated alkanes) is 21. The van der Waals surface area contributed by atoms with Gasteiger partial charge in [-0.15, -0.1) is 0 Å². The molecule has 0 aliphatic rings. The minimum absolute atomic E-state index is 0.0187. The van der Waals surface area contributed by atoms with E-state index >= 15 is 0 Å². The molecule has 0 bridgehead atoms. The summed E-state index contributed by atoms with van der Waals surface area (Å²) in [5, 5.41) is 0. The van der Waals surface area contributed by atoms with Crippen molar-refractivity contribution < 1.29 is 37.3 Å². The SMILES string of the molecule is CCCCCC/C=C\C/C=C\CCCCCCCC(=O)OC(COCCCCCCCCC/C=C\C/C=C\C/C=C\CCCCCCC)COP(=O)([O-])OCC[N+](C)(C)C. The number of nitrogens with zero attached hydrogens (tertiary/aromatic N) is 1. The molecular weight excluding hydrogens is 770 g/mol. The zero-order valence-electron chi connectivity index (χ0n) is 39.6. The second kappa shape index (κ2) is 43.8. The number of ether oxygens (including phenoxy) is 2. The molecule has 0 amide bonds. The van der Waals surface area contributed by atoms with Crippen LogP contribution in [-0.4, -0.2) is 70.7 Å². The van der Waals surface area contributed by atoms with Gasteiger partial charge in [0.1, 0.15) is 19.3 Å². The van der Waals surface area contributed by atoms with Crippen molar-refractivity contribution in [2.24, 2.45) is 0 Å². The van der Waals surface area contributed by atoms with Crippen LogP contribution < -0.4 is 4.89 Å². The number of carbonyl (C=O) groups is 1. The monoisotopic (exact) mass is 864 g/mol. The molecule has 0 rings (SSSR count). The van der Waals surface area contributed by atoms with Crippen molar-refractivity contribution in [3.8, 4) is 0 Å². The van der Waals surface area contributed by atoms with E-state index in [9.17, 15) is 14.3 Å². The van der Waals surface area contributed by atoms with Gasteiger partial charge in [0.05, 0.1) is 34.4 Å². The summed E-state index contributed by atoms with van der Waals surface area (Å²) >= 11 is 0. The predicted octanol–water partition coefficient (Wildman–Crippen LogP) is 14.3. The van der Waals surface area contributed by atoms with Gasteiger partial charge in [-0.2, -0.15) is 0 Å². The molecule has 0 aromatic carbocycles. The van der Waals surface area contributed by atoms with Crippen molar-refractivity contribution in [1.82, 2.24) is 0 Å². The van der Waals surface area contributed by atoms with E-state index in [4.69, 9.17) is 18.5 Å². The van der Waals surface area contributed by atoms with Gasteiger partial charge in [-0.1, -0.05) is 171 Å². The number of likely N-dealkylation sites (N-methyl/N-ethyl adjacent to an activating group) is 1. The summed E-state index contributed by atoms with van der Waals surface area (Å²) in [5.41, 5.74) is 0. The van der Waals surface area contributed by atoms with Gasteiger partial charge in [0.2, 0.25) is 0 Å². The molecule has 0 heterocycles. The zero-order chi connectivity index (χ0) is 44.1.